The normalized spacial score (nSPS) is 12.6. The molecular weight excluding hydrogens is 268 g/mol. The fraction of sp³-hybridized carbons (Fsp3) is 0.500. The molecule has 0 aliphatic carbocycles. The van der Waals surface area contributed by atoms with Crippen molar-refractivity contribution in [2.75, 3.05) is 11.9 Å². The Morgan fingerprint density at radius 2 is 1.86 bits per heavy atom. The molecule has 0 spiro atoms. The molecule has 0 radical (unpaired) electrons. The Balaban J connectivity index is 2.50. The van der Waals surface area contributed by atoms with E-state index < -0.39 is 11.5 Å². The first-order chi connectivity index (χ1) is 9.71. The second-order valence-corrected chi connectivity index (χ2v) is 6.07. The van der Waals surface area contributed by atoms with Crippen LogP contribution in [0.3, 0.4) is 0 Å². The minimum absolute atomic E-state index is 0.0836. The highest BCUT2D eigenvalue weighted by Gasteiger charge is 2.20. The van der Waals surface area contributed by atoms with Crippen LogP contribution in [0.2, 0.25) is 0 Å². The first-order valence-corrected chi connectivity index (χ1v) is 7.07. The minimum Gasteiger partial charge on any atom is -0.389 e. The molecule has 116 valence electrons. The highest BCUT2D eigenvalue weighted by molar-refractivity contribution is 5.92. The predicted octanol–water partition coefficient (Wildman–Crippen LogP) is 2.23. The molecular formula is C16H24N2O3. The quantitative estimate of drug-likeness (QED) is 0.778. The lowest BCUT2D eigenvalue weighted by Crippen LogP contribution is -2.36. The average molecular weight is 292 g/mol. The average Bonchev–Trinajstić information content (AvgIpc) is 2.37. The summed E-state index contributed by atoms with van der Waals surface area (Å²) in [7, 11) is 0. The molecule has 0 fully saturated rings. The molecule has 0 aromatic heterocycles. The van der Waals surface area contributed by atoms with Gasteiger partial charge in [-0.3, -0.25) is 9.59 Å². The summed E-state index contributed by atoms with van der Waals surface area (Å²) in [6.07, 6.45) is -0.460. The van der Waals surface area contributed by atoms with E-state index in [9.17, 15) is 14.7 Å². The molecule has 0 bridgehead atoms. The molecule has 1 aromatic carbocycles. The van der Waals surface area contributed by atoms with E-state index in [-0.39, 0.29) is 18.2 Å². The number of aliphatic hydroxyl groups is 1. The Kier molecular flexibility index (Phi) is 5.90. The van der Waals surface area contributed by atoms with Crippen LogP contribution in [0.15, 0.2) is 24.3 Å². The van der Waals surface area contributed by atoms with Crippen molar-refractivity contribution in [3.63, 3.8) is 0 Å². The van der Waals surface area contributed by atoms with Gasteiger partial charge in [0.1, 0.15) is 0 Å². The van der Waals surface area contributed by atoms with E-state index in [1.54, 1.807) is 31.2 Å². The van der Waals surface area contributed by atoms with Crippen molar-refractivity contribution in [1.82, 2.24) is 5.32 Å². The van der Waals surface area contributed by atoms with Gasteiger partial charge in [-0.15, -0.1) is 0 Å². The van der Waals surface area contributed by atoms with Gasteiger partial charge >= 0.3 is 0 Å². The van der Waals surface area contributed by atoms with Crippen molar-refractivity contribution >= 4 is 17.5 Å². The van der Waals surface area contributed by atoms with Crippen molar-refractivity contribution in [2.24, 2.45) is 5.41 Å². The van der Waals surface area contributed by atoms with Crippen LogP contribution in [0.4, 0.5) is 5.69 Å². The van der Waals surface area contributed by atoms with Crippen molar-refractivity contribution in [3.8, 4) is 0 Å². The van der Waals surface area contributed by atoms with E-state index in [4.69, 9.17) is 0 Å². The smallest absolute Gasteiger partial charge is 0.226 e. The van der Waals surface area contributed by atoms with Crippen molar-refractivity contribution in [3.05, 3.63) is 29.8 Å². The summed E-state index contributed by atoms with van der Waals surface area (Å²) in [5, 5.41) is 15.1. The molecule has 0 saturated heterocycles. The minimum atomic E-state index is -0.651. The van der Waals surface area contributed by atoms with E-state index >= 15 is 0 Å². The van der Waals surface area contributed by atoms with Crippen LogP contribution in [0, 0.1) is 5.41 Å². The van der Waals surface area contributed by atoms with Gasteiger partial charge in [0.05, 0.1) is 6.10 Å². The van der Waals surface area contributed by atoms with E-state index in [2.05, 4.69) is 10.6 Å². The Bertz CT molecular complexity index is 504. The van der Waals surface area contributed by atoms with Crippen molar-refractivity contribution in [1.29, 1.82) is 0 Å². The van der Waals surface area contributed by atoms with Crippen LogP contribution in [0.25, 0.3) is 0 Å². The zero-order valence-electron chi connectivity index (χ0n) is 13.1. The number of benzene rings is 1. The first kappa shape index (κ1) is 17.2. The lowest BCUT2D eigenvalue weighted by molar-refractivity contribution is -0.128. The highest BCUT2D eigenvalue weighted by atomic mass is 16.3. The second-order valence-electron chi connectivity index (χ2n) is 6.07. The third-order valence-electron chi connectivity index (χ3n) is 3.00. The Morgan fingerprint density at radius 3 is 2.43 bits per heavy atom. The Morgan fingerprint density at radius 1 is 1.24 bits per heavy atom. The summed E-state index contributed by atoms with van der Waals surface area (Å²) in [5.74, 6) is -0.281. The summed E-state index contributed by atoms with van der Waals surface area (Å²) in [6, 6.07) is 7.11. The molecule has 2 amide bonds. The molecule has 1 atom stereocenters. The summed E-state index contributed by atoms with van der Waals surface area (Å²) in [4.78, 5) is 23.5. The van der Waals surface area contributed by atoms with E-state index in [0.717, 1.165) is 0 Å². The number of anilines is 1. The molecule has 0 heterocycles. The number of para-hydroxylation sites is 1. The summed E-state index contributed by atoms with van der Waals surface area (Å²) < 4.78 is 0. The SMILES string of the molecule is CC(O)c1ccccc1NC(=O)CCNC(=O)C(C)(C)C. The van der Waals surface area contributed by atoms with Gasteiger partial charge in [-0.1, -0.05) is 39.0 Å². The van der Waals surface area contributed by atoms with Gasteiger partial charge in [0.2, 0.25) is 11.8 Å². The van der Waals surface area contributed by atoms with Crippen molar-refractivity contribution < 1.29 is 14.7 Å². The molecule has 0 saturated carbocycles. The summed E-state index contributed by atoms with van der Waals surface area (Å²) in [5.41, 5.74) is 0.805. The van der Waals surface area contributed by atoms with Gasteiger partial charge in [-0.2, -0.15) is 0 Å². The molecule has 1 rings (SSSR count). The van der Waals surface area contributed by atoms with Crippen LogP contribution >= 0.6 is 0 Å². The van der Waals surface area contributed by atoms with Crippen LogP contribution in [-0.2, 0) is 9.59 Å². The summed E-state index contributed by atoms with van der Waals surface area (Å²) in [6.45, 7) is 7.40. The second kappa shape index (κ2) is 7.22. The number of amides is 2. The zero-order valence-corrected chi connectivity index (χ0v) is 13.1. The number of rotatable bonds is 5. The monoisotopic (exact) mass is 292 g/mol. The maximum atomic E-state index is 11.9. The molecule has 21 heavy (non-hydrogen) atoms. The standard InChI is InChI=1S/C16H24N2O3/c1-11(19)12-7-5-6-8-13(12)18-14(20)9-10-17-15(21)16(2,3)4/h5-8,11,19H,9-10H2,1-4H3,(H,17,21)(H,18,20). The van der Waals surface area contributed by atoms with Gasteiger partial charge in [0.15, 0.2) is 0 Å². The van der Waals surface area contributed by atoms with Crippen LogP contribution in [-0.4, -0.2) is 23.5 Å². The zero-order chi connectivity index (χ0) is 16.0. The van der Waals surface area contributed by atoms with E-state index in [1.807, 2.05) is 20.8 Å². The molecule has 1 unspecified atom stereocenters. The number of hydrogen-bond donors (Lipinski definition) is 3. The van der Waals surface area contributed by atoms with Gasteiger partial charge < -0.3 is 15.7 Å². The lowest BCUT2D eigenvalue weighted by Gasteiger charge is -2.17. The third-order valence-corrected chi connectivity index (χ3v) is 3.00. The highest BCUT2D eigenvalue weighted by Crippen LogP contribution is 2.22. The maximum absolute atomic E-state index is 11.9. The van der Waals surface area contributed by atoms with E-state index in [1.165, 1.54) is 0 Å². The fourth-order valence-electron chi connectivity index (χ4n) is 1.74. The molecule has 0 aliphatic rings. The number of carbonyl (C=O) groups excluding carboxylic acids is 2. The number of aliphatic hydroxyl groups excluding tert-OH is 1. The fourth-order valence-corrected chi connectivity index (χ4v) is 1.74. The number of nitrogens with one attached hydrogen (secondary N) is 2. The lowest BCUT2D eigenvalue weighted by atomic mass is 9.96. The number of carbonyl (C=O) groups is 2. The van der Waals surface area contributed by atoms with Gasteiger partial charge in [0, 0.05) is 29.6 Å². The van der Waals surface area contributed by atoms with Crippen LogP contribution < -0.4 is 10.6 Å². The maximum Gasteiger partial charge on any atom is 0.226 e. The van der Waals surface area contributed by atoms with Gasteiger partial charge in [-0.05, 0) is 13.0 Å². The van der Waals surface area contributed by atoms with Crippen LogP contribution in [0.5, 0.6) is 0 Å². The van der Waals surface area contributed by atoms with Gasteiger partial charge in [-0.25, -0.2) is 0 Å². The molecule has 0 aliphatic heterocycles. The first-order valence-electron chi connectivity index (χ1n) is 7.07. The van der Waals surface area contributed by atoms with Gasteiger partial charge in [0.25, 0.3) is 0 Å². The van der Waals surface area contributed by atoms with E-state index in [0.29, 0.717) is 17.8 Å². The topological polar surface area (TPSA) is 78.4 Å². The summed E-state index contributed by atoms with van der Waals surface area (Å²) >= 11 is 0. The predicted molar refractivity (Wildman–Crippen MR) is 82.8 cm³/mol. The van der Waals surface area contributed by atoms with Crippen molar-refractivity contribution in [2.45, 2.75) is 40.2 Å². The third kappa shape index (κ3) is 5.55. The Hall–Kier alpha value is -1.88. The molecule has 1 aromatic rings. The molecule has 5 nitrogen and oxygen atoms in total. The molecule has 3 N–H and O–H groups in total. The number of hydrogen-bond acceptors (Lipinski definition) is 3. The van der Waals surface area contributed by atoms with Crippen LogP contribution in [0.1, 0.15) is 45.8 Å². The Labute approximate surface area is 125 Å². The molecule has 5 heteroatoms. The largest absolute Gasteiger partial charge is 0.389 e.